The van der Waals surface area contributed by atoms with Crippen molar-refractivity contribution in [3.8, 4) is 0 Å². The Bertz CT molecular complexity index is 551. The molecule has 21 heavy (non-hydrogen) atoms. The lowest BCUT2D eigenvalue weighted by Crippen LogP contribution is -2.06. The van der Waals surface area contributed by atoms with Gasteiger partial charge in [0, 0.05) is 12.4 Å². The Kier molecular flexibility index (Phi) is 5.54. The molecule has 2 aromatic rings. The van der Waals surface area contributed by atoms with Gasteiger partial charge in [0.2, 0.25) is 0 Å². The maximum atomic E-state index is 11.8. The number of aromatic nitrogens is 2. The van der Waals surface area contributed by atoms with Crippen molar-refractivity contribution in [3.63, 3.8) is 0 Å². The fraction of sp³-hybridized carbons (Fsp3) is 0.167. The number of hydrogen-bond acceptors (Lipinski definition) is 2. The molecule has 2 aromatic heterocycles. The highest BCUT2D eigenvalue weighted by Crippen LogP contribution is 2.28. The lowest BCUT2D eigenvalue weighted by Gasteiger charge is -2.04. The molecular weight excluding hydrogens is 322 g/mol. The molecule has 0 unspecified atom stereocenters. The molecule has 0 spiro atoms. The Morgan fingerprint density at radius 2 is 1.48 bits per heavy atom. The van der Waals surface area contributed by atoms with E-state index in [1.54, 1.807) is 0 Å². The number of pyridine rings is 2. The van der Waals surface area contributed by atoms with Gasteiger partial charge in [-0.2, -0.15) is 26.3 Å². The van der Waals surface area contributed by atoms with E-state index in [1.165, 1.54) is 12.1 Å². The van der Waals surface area contributed by atoms with Crippen LogP contribution in [-0.2, 0) is 12.4 Å². The van der Waals surface area contributed by atoms with Gasteiger partial charge >= 0.3 is 12.4 Å². The number of alkyl halides is 6. The van der Waals surface area contributed by atoms with Gasteiger partial charge in [0.1, 0.15) is 10.8 Å². The average Bonchev–Trinajstić information content (AvgIpc) is 2.39. The van der Waals surface area contributed by atoms with Crippen LogP contribution in [0.15, 0.2) is 42.7 Å². The van der Waals surface area contributed by atoms with E-state index < -0.39 is 23.6 Å². The average molecular weight is 329 g/mol. The minimum Gasteiger partial charge on any atom is -0.252 e. The molecule has 0 aliphatic heterocycles. The van der Waals surface area contributed by atoms with Gasteiger partial charge in [-0.25, -0.2) is 4.98 Å². The second-order valence-electron chi connectivity index (χ2n) is 3.58. The summed E-state index contributed by atoms with van der Waals surface area (Å²) in [5, 5.41) is 0.0537. The van der Waals surface area contributed by atoms with Crippen molar-refractivity contribution in [1.29, 1.82) is 0 Å². The van der Waals surface area contributed by atoms with E-state index >= 15 is 0 Å². The van der Waals surface area contributed by atoms with E-state index in [9.17, 15) is 26.3 Å². The van der Waals surface area contributed by atoms with Gasteiger partial charge in [0.25, 0.3) is 0 Å². The quantitative estimate of drug-likeness (QED) is 0.510. The zero-order valence-electron chi connectivity index (χ0n) is 10.1. The van der Waals surface area contributed by atoms with Crippen molar-refractivity contribution in [2.75, 3.05) is 0 Å². The summed E-state index contributed by atoms with van der Waals surface area (Å²) >= 11 is 5.28. The van der Waals surface area contributed by atoms with Crippen LogP contribution in [0.4, 0.5) is 26.3 Å². The molecule has 0 saturated heterocycles. The first-order valence-electron chi connectivity index (χ1n) is 5.27. The lowest BCUT2D eigenvalue weighted by atomic mass is 10.3. The van der Waals surface area contributed by atoms with Crippen LogP contribution >= 0.6 is 11.6 Å². The normalized spacial score (nSPS) is 11.6. The fourth-order valence-corrected chi connectivity index (χ4v) is 1.19. The molecular formula is C12H7ClF6N2. The van der Waals surface area contributed by atoms with Gasteiger partial charge in [-0.05, 0) is 24.3 Å². The molecule has 0 aliphatic carbocycles. The van der Waals surface area contributed by atoms with Crippen molar-refractivity contribution in [3.05, 3.63) is 59.1 Å². The highest BCUT2D eigenvalue weighted by Gasteiger charge is 2.31. The van der Waals surface area contributed by atoms with Gasteiger partial charge < -0.3 is 0 Å². The fourth-order valence-electron chi connectivity index (χ4n) is 1.07. The first-order valence-corrected chi connectivity index (χ1v) is 5.65. The Labute approximate surface area is 120 Å². The van der Waals surface area contributed by atoms with Crippen LogP contribution in [0.25, 0.3) is 0 Å². The van der Waals surface area contributed by atoms with E-state index in [2.05, 4.69) is 9.97 Å². The molecule has 0 saturated carbocycles. The molecule has 2 heterocycles. The van der Waals surface area contributed by atoms with Crippen LogP contribution in [0.3, 0.4) is 0 Å². The van der Waals surface area contributed by atoms with E-state index in [1.807, 2.05) is 0 Å². The first-order chi connectivity index (χ1) is 9.60. The van der Waals surface area contributed by atoms with Gasteiger partial charge in [0.15, 0.2) is 0 Å². The highest BCUT2D eigenvalue weighted by atomic mass is 35.5. The topological polar surface area (TPSA) is 25.8 Å². The number of halogens is 7. The molecule has 0 radical (unpaired) electrons. The summed E-state index contributed by atoms with van der Waals surface area (Å²) in [6.07, 6.45) is -6.84. The molecule has 0 aromatic carbocycles. The maximum Gasteiger partial charge on any atom is 0.433 e. The molecule has 0 aliphatic rings. The van der Waals surface area contributed by atoms with Crippen LogP contribution in [-0.4, -0.2) is 9.97 Å². The molecule has 0 bridgehead atoms. The Morgan fingerprint density at radius 1 is 0.810 bits per heavy atom. The van der Waals surface area contributed by atoms with Crippen LogP contribution in [0, 0.1) is 0 Å². The van der Waals surface area contributed by atoms with Crippen LogP contribution in [0.2, 0.25) is 5.15 Å². The molecule has 0 N–H and O–H groups in total. The number of hydrogen-bond donors (Lipinski definition) is 0. The SMILES string of the molecule is FC(F)(F)c1ccc(Cl)nc1.FC(F)(F)c1ccccn1. The van der Waals surface area contributed by atoms with E-state index in [4.69, 9.17) is 11.6 Å². The third kappa shape index (κ3) is 5.99. The largest absolute Gasteiger partial charge is 0.433 e. The number of nitrogens with zero attached hydrogens (tertiary/aromatic N) is 2. The van der Waals surface area contributed by atoms with E-state index in [-0.39, 0.29) is 5.15 Å². The smallest absolute Gasteiger partial charge is 0.252 e. The molecule has 0 amide bonds. The summed E-state index contributed by atoms with van der Waals surface area (Å²) in [7, 11) is 0. The summed E-state index contributed by atoms with van der Waals surface area (Å²) in [6.45, 7) is 0. The highest BCUT2D eigenvalue weighted by molar-refractivity contribution is 6.29. The molecule has 2 nitrogen and oxygen atoms in total. The minimum atomic E-state index is -4.34. The summed E-state index contributed by atoms with van der Waals surface area (Å²) in [4.78, 5) is 6.42. The van der Waals surface area contributed by atoms with Gasteiger partial charge in [-0.3, -0.25) is 4.98 Å². The Hall–Kier alpha value is -1.83. The van der Waals surface area contributed by atoms with Crippen LogP contribution in [0.5, 0.6) is 0 Å². The summed E-state index contributed by atoms with van der Waals surface area (Å²) in [5.41, 5.74) is -1.64. The first kappa shape index (κ1) is 17.2. The van der Waals surface area contributed by atoms with Crippen LogP contribution in [0.1, 0.15) is 11.3 Å². The van der Waals surface area contributed by atoms with E-state index in [0.717, 1.165) is 24.4 Å². The predicted molar refractivity (Wildman–Crippen MR) is 63.5 cm³/mol. The standard InChI is InChI=1S/C6H3ClF3N.C6H4F3N/c7-5-2-1-4(3-11-5)6(8,9)10;7-6(8,9)5-3-1-2-4-10-5/h1-3H;1-4H. The van der Waals surface area contributed by atoms with Crippen molar-refractivity contribution in [1.82, 2.24) is 9.97 Å². The monoisotopic (exact) mass is 328 g/mol. The van der Waals surface area contributed by atoms with Crippen LogP contribution < -0.4 is 0 Å². The molecule has 9 heteroatoms. The van der Waals surface area contributed by atoms with E-state index in [0.29, 0.717) is 6.20 Å². The zero-order chi connectivity index (χ0) is 16.1. The third-order valence-electron chi connectivity index (χ3n) is 2.01. The number of rotatable bonds is 0. The Morgan fingerprint density at radius 3 is 1.81 bits per heavy atom. The summed E-state index contributed by atoms with van der Waals surface area (Å²) in [6, 6.07) is 5.66. The van der Waals surface area contributed by atoms with Crippen molar-refractivity contribution < 1.29 is 26.3 Å². The molecule has 114 valence electrons. The summed E-state index contributed by atoms with van der Waals surface area (Å²) in [5.74, 6) is 0. The zero-order valence-corrected chi connectivity index (χ0v) is 10.8. The van der Waals surface area contributed by atoms with Gasteiger partial charge in [0.05, 0.1) is 5.56 Å². The second kappa shape index (κ2) is 6.75. The van der Waals surface area contributed by atoms with Gasteiger partial charge in [-0.1, -0.05) is 17.7 Å². The maximum absolute atomic E-state index is 11.8. The van der Waals surface area contributed by atoms with Gasteiger partial charge in [-0.15, -0.1) is 0 Å². The lowest BCUT2D eigenvalue weighted by molar-refractivity contribution is -0.141. The second-order valence-corrected chi connectivity index (χ2v) is 3.97. The van der Waals surface area contributed by atoms with Crippen molar-refractivity contribution in [2.45, 2.75) is 12.4 Å². The molecule has 0 fully saturated rings. The predicted octanol–water partition coefficient (Wildman–Crippen LogP) is 4.85. The minimum absolute atomic E-state index is 0.0537. The Balaban J connectivity index is 0.000000211. The third-order valence-corrected chi connectivity index (χ3v) is 2.23. The summed E-state index contributed by atoms with van der Waals surface area (Å²) < 4.78 is 70.7. The molecule has 2 rings (SSSR count). The van der Waals surface area contributed by atoms with Crippen molar-refractivity contribution in [2.24, 2.45) is 0 Å². The van der Waals surface area contributed by atoms with Crippen molar-refractivity contribution >= 4 is 11.6 Å². The molecule has 0 atom stereocenters.